The van der Waals surface area contributed by atoms with E-state index in [-0.39, 0.29) is 5.63 Å². The third kappa shape index (κ3) is 2.62. The van der Waals surface area contributed by atoms with Gasteiger partial charge >= 0.3 is 5.63 Å². The molecular weight excluding hydrogens is 260 g/mol. The number of benzene rings is 2. The number of hydrogen-bond donors (Lipinski definition) is 0. The summed E-state index contributed by atoms with van der Waals surface area (Å²) < 4.78 is 5.62. The lowest BCUT2D eigenvalue weighted by molar-refractivity contribution is 0.462. The van der Waals surface area contributed by atoms with E-state index in [0.29, 0.717) is 5.39 Å². The molecule has 0 atom stereocenters. The fourth-order valence-electron chi connectivity index (χ4n) is 2.68. The van der Waals surface area contributed by atoms with Crippen molar-refractivity contribution in [2.45, 2.75) is 26.2 Å². The Labute approximate surface area is 124 Å². The Morgan fingerprint density at radius 2 is 1.57 bits per heavy atom. The second kappa shape index (κ2) is 5.96. The van der Waals surface area contributed by atoms with Crippen LogP contribution in [0.4, 0.5) is 0 Å². The molecule has 0 fully saturated rings. The molecule has 3 aromatic rings. The van der Waals surface area contributed by atoms with E-state index in [4.69, 9.17) is 4.42 Å². The van der Waals surface area contributed by atoms with Crippen LogP contribution in [-0.2, 0) is 6.42 Å². The van der Waals surface area contributed by atoms with Crippen LogP contribution in [0.5, 0.6) is 0 Å². The Kier molecular flexibility index (Phi) is 3.87. The largest absolute Gasteiger partial charge is 0.427 e. The lowest BCUT2D eigenvalue weighted by Gasteiger charge is -2.11. The van der Waals surface area contributed by atoms with Gasteiger partial charge in [-0.15, -0.1) is 0 Å². The maximum absolute atomic E-state index is 12.2. The van der Waals surface area contributed by atoms with Crippen molar-refractivity contribution in [1.29, 1.82) is 0 Å². The average Bonchev–Trinajstić information content (AvgIpc) is 2.54. The van der Waals surface area contributed by atoms with Crippen molar-refractivity contribution in [3.8, 4) is 11.1 Å². The molecule has 0 aliphatic carbocycles. The molecule has 2 heteroatoms. The second-order valence-electron chi connectivity index (χ2n) is 5.20. The van der Waals surface area contributed by atoms with Crippen molar-refractivity contribution in [2.75, 3.05) is 0 Å². The van der Waals surface area contributed by atoms with Crippen molar-refractivity contribution < 1.29 is 4.42 Å². The van der Waals surface area contributed by atoms with Crippen LogP contribution in [0.2, 0.25) is 0 Å². The SMILES string of the molecule is CCCCc1oc(=O)c2ccccc2c1-c1ccccc1. The standard InChI is InChI=1S/C19H18O2/c1-2-3-13-17-18(14-9-5-4-6-10-14)15-11-7-8-12-16(15)19(20)21-17/h4-12H,2-3,13H2,1H3. The minimum atomic E-state index is -0.239. The molecule has 0 spiro atoms. The molecule has 0 radical (unpaired) electrons. The molecule has 1 aromatic heterocycles. The maximum Gasteiger partial charge on any atom is 0.343 e. The molecule has 0 unspecified atom stereocenters. The lowest BCUT2D eigenvalue weighted by atomic mass is 9.96. The van der Waals surface area contributed by atoms with Gasteiger partial charge in [-0.2, -0.15) is 0 Å². The highest BCUT2D eigenvalue weighted by Gasteiger charge is 2.14. The summed E-state index contributed by atoms with van der Waals surface area (Å²) in [6, 6.07) is 17.8. The quantitative estimate of drug-likeness (QED) is 0.686. The van der Waals surface area contributed by atoms with Gasteiger partial charge in [-0.1, -0.05) is 61.9 Å². The Balaban J connectivity index is 2.32. The normalized spacial score (nSPS) is 10.9. The molecule has 0 amide bonds. The fourth-order valence-corrected chi connectivity index (χ4v) is 2.68. The first-order valence-corrected chi connectivity index (χ1v) is 7.41. The first-order chi connectivity index (χ1) is 10.3. The van der Waals surface area contributed by atoms with Gasteiger partial charge in [0.05, 0.1) is 5.39 Å². The molecule has 1 heterocycles. The van der Waals surface area contributed by atoms with Crippen LogP contribution in [0, 0.1) is 0 Å². The van der Waals surface area contributed by atoms with Crippen molar-refractivity contribution >= 4 is 10.8 Å². The third-order valence-electron chi connectivity index (χ3n) is 3.73. The van der Waals surface area contributed by atoms with Gasteiger partial charge in [0.2, 0.25) is 0 Å². The van der Waals surface area contributed by atoms with Gasteiger partial charge < -0.3 is 4.42 Å². The monoisotopic (exact) mass is 278 g/mol. The summed E-state index contributed by atoms with van der Waals surface area (Å²) in [6.07, 6.45) is 2.88. The zero-order valence-electron chi connectivity index (χ0n) is 12.1. The second-order valence-corrected chi connectivity index (χ2v) is 5.20. The van der Waals surface area contributed by atoms with E-state index in [1.807, 2.05) is 42.5 Å². The minimum Gasteiger partial charge on any atom is -0.427 e. The zero-order chi connectivity index (χ0) is 14.7. The van der Waals surface area contributed by atoms with E-state index >= 15 is 0 Å². The van der Waals surface area contributed by atoms with Gasteiger partial charge in [0.25, 0.3) is 0 Å². The van der Waals surface area contributed by atoms with Crippen LogP contribution in [0.15, 0.2) is 63.8 Å². The molecule has 21 heavy (non-hydrogen) atoms. The Hall–Kier alpha value is -2.35. The molecule has 106 valence electrons. The topological polar surface area (TPSA) is 30.2 Å². The highest BCUT2D eigenvalue weighted by molar-refractivity contribution is 5.96. The van der Waals surface area contributed by atoms with Crippen molar-refractivity contribution in [3.63, 3.8) is 0 Å². The summed E-state index contributed by atoms with van der Waals surface area (Å²) in [7, 11) is 0. The zero-order valence-corrected chi connectivity index (χ0v) is 12.1. The molecule has 3 rings (SSSR count). The van der Waals surface area contributed by atoms with Crippen LogP contribution >= 0.6 is 0 Å². The Morgan fingerprint density at radius 1 is 0.905 bits per heavy atom. The van der Waals surface area contributed by atoms with Crippen LogP contribution in [0.1, 0.15) is 25.5 Å². The number of rotatable bonds is 4. The van der Waals surface area contributed by atoms with E-state index in [1.165, 1.54) is 0 Å². The summed E-state index contributed by atoms with van der Waals surface area (Å²) in [5.41, 5.74) is 1.92. The third-order valence-corrected chi connectivity index (χ3v) is 3.73. The highest BCUT2D eigenvalue weighted by Crippen LogP contribution is 2.31. The number of aryl methyl sites for hydroxylation is 1. The van der Waals surface area contributed by atoms with Gasteiger partial charge in [-0.25, -0.2) is 4.79 Å². The van der Waals surface area contributed by atoms with E-state index in [0.717, 1.165) is 41.5 Å². The number of hydrogen-bond acceptors (Lipinski definition) is 2. The molecule has 0 saturated heterocycles. The van der Waals surface area contributed by atoms with Gasteiger partial charge in [0.1, 0.15) is 5.76 Å². The van der Waals surface area contributed by atoms with Crippen LogP contribution in [0.3, 0.4) is 0 Å². The van der Waals surface area contributed by atoms with Crippen LogP contribution < -0.4 is 5.63 Å². The Bertz CT molecular complexity index is 801. The predicted octanol–water partition coefficient (Wildman–Crippen LogP) is 4.80. The number of fused-ring (bicyclic) bond motifs is 1. The number of unbranched alkanes of at least 4 members (excludes halogenated alkanes) is 1. The smallest absolute Gasteiger partial charge is 0.343 e. The first kappa shape index (κ1) is 13.6. The van der Waals surface area contributed by atoms with E-state index in [1.54, 1.807) is 0 Å². The van der Waals surface area contributed by atoms with Gasteiger partial charge in [-0.05, 0) is 18.1 Å². The summed E-state index contributed by atoms with van der Waals surface area (Å²) in [4.78, 5) is 12.2. The minimum absolute atomic E-state index is 0.239. The Morgan fingerprint density at radius 3 is 2.29 bits per heavy atom. The van der Waals surface area contributed by atoms with Crippen molar-refractivity contribution in [3.05, 3.63) is 70.8 Å². The van der Waals surface area contributed by atoms with E-state index in [2.05, 4.69) is 19.1 Å². The maximum atomic E-state index is 12.2. The van der Waals surface area contributed by atoms with E-state index < -0.39 is 0 Å². The molecular formula is C19H18O2. The van der Waals surface area contributed by atoms with Crippen LogP contribution in [0.25, 0.3) is 21.9 Å². The average molecular weight is 278 g/mol. The van der Waals surface area contributed by atoms with E-state index in [9.17, 15) is 4.79 Å². The molecule has 0 bridgehead atoms. The summed E-state index contributed by atoms with van der Waals surface area (Å²) in [6.45, 7) is 2.14. The lowest BCUT2D eigenvalue weighted by Crippen LogP contribution is -2.05. The van der Waals surface area contributed by atoms with Gasteiger partial charge in [0, 0.05) is 17.4 Å². The van der Waals surface area contributed by atoms with Gasteiger partial charge in [0.15, 0.2) is 0 Å². The molecule has 0 N–H and O–H groups in total. The molecule has 0 saturated carbocycles. The molecule has 2 nitrogen and oxygen atoms in total. The van der Waals surface area contributed by atoms with Crippen LogP contribution in [-0.4, -0.2) is 0 Å². The molecule has 0 aliphatic heterocycles. The highest BCUT2D eigenvalue weighted by atomic mass is 16.4. The summed E-state index contributed by atoms with van der Waals surface area (Å²) in [5.74, 6) is 0.798. The predicted molar refractivity (Wildman–Crippen MR) is 86.5 cm³/mol. The molecule has 0 aliphatic rings. The van der Waals surface area contributed by atoms with Crippen molar-refractivity contribution in [1.82, 2.24) is 0 Å². The summed E-state index contributed by atoms with van der Waals surface area (Å²) >= 11 is 0. The van der Waals surface area contributed by atoms with Crippen molar-refractivity contribution in [2.24, 2.45) is 0 Å². The van der Waals surface area contributed by atoms with Gasteiger partial charge in [-0.3, -0.25) is 0 Å². The molecule has 2 aromatic carbocycles. The summed E-state index contributed by atoms with van der Waals surface area (Å²) in [5, 5.41) is 1.63. The fraction of sp³-hybridized carbons (Fsp3) is 0.211. The first-order valence-electron chi connectivity index (χ1n) is 7.41.